The zero-order valence-corrected chi connectivity index (χ0v) is 10.6. The van der Waals surface area contributed by atoms with E-state index in [2.05, 4.69) is 41.9 Å². The number of hydrogen-bond acceptors (Lipinski definition) is 4. The van der Waals surface area contributed by atoms with Crippen molar-refractivity contribution in [1.82, 2.24) is 25.9 Å². The van der Waals surface area contributed by atoms with Crippen LogP contribution in [0.15, 0.2) is 28.7 Å². The summed E-state index contributed by atoms with van der Waals surface area (Å²) < 4.78 is 0.945. The number of carbonyl (C=O) groups excluding carboxylic acids is 1. The van der Waals surface area contributed by atoms with E-state index in [-0.39, 0.29) is 17.8 Å². The summed E-state index contributed by atoms with van der Waals surface area (Å²) >= 11 is 3.43. The fourth-order valence-electron chi connectivity index (χ4n) is 1.42. The van der Waals surface area contributed by atoms with Gasteiger partial charge in [0.1, 0.15) is 0 Å². The summed E-state index contributed by atoms with van der Waals surface area (Å²) in [6.07, 6.45) is 0. The fourth-order valence-corrected chi connectivity index (χ4v) is 2.05. The molecule has 0 radical (unpaired) electrons. The van der Waals surface area contributed by atoms with E-state index in [4.69, 9.17) is 0 Å². The van der Waals surface area contributed by atoms with Gasteiger partial charge in [-0.15, -0.1) is 10.2 Å². The Bertz CT molecular complexity index is 513. The molecule has 1 atom stereocenters. The number of amides is 1. The maximum atomic E-state index is 11.7. The first-order valence-electron chi connectivity index (χ1n) is 4.97. The second kappa shape index (κ2) is 5.05. The van der Waals surface area contributed by atoms with Crippen molar-refractivity contribution in [2.24, 2.45) is 0 Å². The summed E-state index contributed by atoms with van der Waals surface area (Å²) in [5, 5.41) is 15.6. The third-order valence-electron chi connectivity index (χ3n) is 2.27. The van der Waals surface area contributed by atoms with Crippen LogP contribution in [-0.4, -0.2) is 26.5 Å². The molecule has 0 aliphatic rings. The van der Waals surface area contributed by atoms with Gasteiger partial charge in [0.2, 0.25) is 0 Å². The number of nitrogens with one attached hydrogen (secondary N) is 2. The van der Waals surface area contributed by atoms with Gasteiger partial charge in [-0.3, -0.25) is 4.79 Å². The van der Waals surface area contributed by atoms with Crippen LogP contribution in [-0.2, 0) is 0 Å². The van der Waals surface area contributed by atoms with Crippen molar-refractivity contribution in [2.45, 2.75) is 13.0 Å². The Morgan fingerprint density at radius 2 is 2.24 bits per heavy atom. The molecular formula is C10H10BrN5O. The normalized spacial score (nSPS) is 12.1. The molecule has 1 aromatic carbocycles. The largest absolute Gasteiger partial charge is 0.343 e. The van der Waals surface area contributed by atoms with Crippen molar-refractivity contribution in [2.75, 3.05) is 0 Å². The van der Waals surface area contributed by atoms with Crippen LogP contribution >= 0.6 is 15.9 Å². The Kier molecular flexibility index (Phi) is 3.48. The molecule has 0 saturated carbocycles. The van der Waals surface area contributed by atoms with Gasteiger partial charge >= 0.3 is 0 Å². The maximum absolute atomic E-state index is 11.7. The standard InChI is InChI=1S/C10H10BrN5O/c1-6(7-4-2-3-5-8(7)11)12-10(17)9-13-15-16-14-9/h2-6H,1H3,(H,12,17)(H,13,14,15,16). The molecule has 0 fully saturated rings. The van der Waals surface area contributed by atoms with Crippen LogP contribution < -0.4 is 5.32 Å². The monoisotopic (exact) mass is 295 g/mol. The summed E-state index contributed by atoms with van der Waals surface area (Å²) in [6.45, 7) is 1.89. The zero-order valence-electron chi connectivity index (χ0n) is 9.01. The minimum absolute atomic E-state index is 0.0314. The minimum atomic E-state index is -0.359. The van der Waals surface area contributed by atoms with Gasteiger partial charge in [0, 0.05) is 4.47 Å². The third-order valence-corrected chi connectivity index (χ3v) is 2.99. The molecule has 7 heteroatoms. The highest BCUT2D eigenvalue weighted by Gasteiger charge is 2.16. The lowest BCUT2D eigenvalue weighted by atomic mass is 10.1. The number of aromatic amines is 1. The number of nitrogens with zero attached hydrogens (tertiary/aromatic N) is 3. The Balaban J connectivity index is 2.10. The van der Waals surface area contributed by atoms with Crippen LogP contribution in [0.25, 0.3) is 0 Å². The summed E-state index contributed by atoms with van der Waals surface area (Å²) in [4.78, 5) is 11.7. The van der Waals surface area contributed by atoms with Crippen LogP contribution in [0.3, 0.4) is 0 Å². The Morgan fingerprint density at radius 1 is 1.47 bits per heavy atom. The molecule has 1 amide bonds. The van der Waals surface area contributed by atoms with Gasteiger partial charge in [0.05, 0.1) is 6.04 Å². The van der Waals surface area contributed by atoms with Crippen LogP contribution in [0.5, 0.6) is 0 Å². The van der Waals surface area contributed by atoms with E-state index >= 15 is 0 Å². The smallest absolute Gasteiger partial charge is 0.293 e. The van der Waals surface area contributed by atoms with Crippen molar-refractivity contribution >= 4 is 21.8 Å². The first kappa shape index (κ1) is 11.7. The molecule has 0 saturated heterocycles. The van der Waals surface area contributed by atoms with E-state index in [1.54, 1.807) is 0 Å². The molecule has 17 heavy (non-hydrogen) atoms. The third kappa shape index (κ3) is 2.68. The molecule has 0 aliphatic carbocycles. The van der Waals surface area contributed by atoms with Gasteiger partial charge in [0.15, 0.2) is 0 Å². The number of tetrazole rings is 1. The molecule has 0 spiro atoms. The molecule has 2 aromatic rings. The van der Waals surface area contributed by atoms with Crippen molar-refractivity contribution in [3.63, 3.8) is 0 Å². The van der Waals surface area contributed by atoms with Crippen LogP contribution in [0.2, 0.25) is 0 Å². The molecule has 1 heterocycles. The van der Waals surface area contributed by atoms with Crippen LogP contribution in [0.4, 0.5) is 0 Å². The highest BCUT2D eigenvalue weighted by atomic mass is 79.9. The van der Waals surface area contributed by atoms with E-state index < -0.39 is 0 Å². The number of rotatable bonds is 3. The minimum Gasteiger partial charge on any atom is -0.343 e. The van der Waals surface area contributed by atoms with Gasteiger partial charge in [-0.25, -0.2) is 0 Å². The van der Waals surface area contributed by atoms with Gasteiger partial charge in [-0.1, -0.05) is 34.1 Å². The van der Waals surface area contributed by atoms with Crippen LogP contribution in [0.1, 0.15) is 29.1 Å². The molecular weight excluding hydrogens is 286 g/mol. The van der Waals surface area contributed by atoms with Crippen molar-refractivity contribution in [3.8, 4) is 0 Å². The fraction of sp³-hybridized carbons (Fsp3) is 0.200. The lowest BCUT2D eigenvalue weighted by molar-refractivity contribution is 0.0929. The second-order valence-electron chi connectivity index (χ2n) is 3.45. The van der Waals surface area contributed by atoms with E-state index in [0.29, 0.717) is 0 Å². The molecule has 1 unspecified atom stereocenters. The van der Waals surface area contributed by atoms with Crippen LogP contribution in [0, 0.1) is 0 Å². The highest BCUT2D eigenvalue weighted by molar-refractivity contribution is 9.10. The highest BCUT2D eigenvalue weighted by Crippen LogP contribution is 2.22. The predicted octanol–water partition coefficient (Wildman–Crippen LogP) is 1.45. The molecule has 2 rings (SSSR count). The number of carbonyl (C=O) groups is 1. The topological polar surface area (TPSA) is 83.6 Å². The summed E-state index contributed by atoms with van der Waals surface area (Å²) in [5.41, 5.74) is 0.990. The predicted molar refractivity (Wildman–Crippen MR) is 64.2 cm³/mol. The first-order chi connectivity index (χ1) is 8.18. The quantitative estimate of drug-likeness (QED) is 0.898. The lowest BCUT2D eigenvalue weighted by Crippen LogP contribution is -2.27. The van der Waals surface area contributed by atoms with Crippen molar-refractivity contribution < 1.29 is 4.79 Å². The van der Waals surface area contributed by atoms with E-state index in [1.807, 2.05) is 31.2 Å². The van der Waals surface area contributed by atoms with Gasteiger partial charge < -0.3 is 5.32 Å². The molecule has 6 nitrogen and oxygen atoms in total. The Labute approximate surface area is 106 Å². The molecule has 88 valence electrons. The Morgan fingerprint density at radius 3 is 2.88 bits per heavy atom. The SMILES string of the molecule is CC(NC(=O)c1nn[nH]n1)c1ccccc1Br. The van der Waals surface area contributed by atoms with Crippen molar-refractivity contribution in [1.29, 1.82) is 0 Å². The van der Waals surface area contributed by atoms with E-state index in [9.17, 15) is 4.79 Å². The molecule has 1 aromatic heterocycles. The summed E-state index contributed by atoms with van der Waals surface area (Å²) in [6, 6.07) is 7.55. The summed E-state index contributed by atoms with van der Waals surface area (Å²) in [5.74, 6) is -0.328. The van der Waals surface area contributed by atoms with Gasteiger partial charge in [0.25, 0.3) is 11.7 Å². The second-order valence-corrected chi connectivity index (χ2v) is 4.31. The number of benzene rings is 1. The average Bonchev–Trinajstić information content (AvgIpc) is 2.82. The summed E-state index contributed by atoms with van der Waals surface area (Å²) in [7, 11) is 0. The lowest BCUT2D eigenvalue weighted by Gasteiger charge is -2.14. The number of aromatic nitrogens is 4. The molecule has 2 N–H and O–H groups in total. The van der Waals surface area contributed by atoms with E-state index in [1.165, 1.54) is 0 Å². The van der Waals surface area contributed by atoms with Gasteiger partial charge in [-0.05, 0) is 23.8 Å². The number of hydrogen-bond donors (Lipinski definition) is 2. The van der Waals surface area contributed by atoms with E-state index in [0.717, 1.165) is 10.0 Å². The maximum Gasteiger partial charge on any atom is 0.293 e. The number of H-pyrrole nitrogens is 1. The Hall–Kier alpha value is -1.76. The van der Waals surface area contributed by atoms with Gasteiger partial charge in [-0.2, -0.15) is 5.21 Å². The number of halogens is 1. The first-order valence-corrected chi connectivity index (χ1v) is 5.76. The van der Waals surface area contributed by atoms with Crippen molar-refractivity contribution in [3.05, 3.63) is 40.1 Å². The average molecular weight is 296 g/mol. The molecule has 0 bridgehead atoms. The molecule has 0 aliphatic heterocycles. The zero-order chi connectivity index (χ0) is 12.3.